The fourth-order valence-corrected chi connectivity index (χ4v) is 7.60. The predicted octanol–water partition coefficient (Wildman–Crippen LogP) is 12.7. The van der Waals surface area contributed by atoms with Crippen molar-refractivity contribution in [3.05, 3.63) is 0 Å². The first-order chi connectivity index (χ1) is 25.6. The van der Waals surface area contributed by atoms with Gasteiger partial charge in [-0.25, -0.2) is 0 Å². The van der Waals surface area contributed by atoms with Gasteiger partial charge >= 0.3 is 0 Å². The Hall–Kier alpha value is -1.18. The zero-order valence-electron chi connectivity index (χ0n) is 35.1. The minimum absolute atomic E-state index is 0.265. The lowest BCUT2D eigenvalue weighted by Gasteiger charge is -2.24. The number of hydrogen-bond acceptors (Lipinski definition) is 6. The molecule has 0 heterocycles. The number of hydrogen-bond donors (Lipinski definition) is 2. The minimum Gasteiger partial charge on any atom is -0.392 e. The van der Waals surface area contributed by atoms with Gasteiger partial charge in [-0.05, 0) is 38.8 Å². The highest BCUT2D eigenvalue weighted by atomic mass is 16.3. The second kappa shape index (κ2) is 42.6. The molecule has 2 atom stereocenters. The van der Waals surface area contributed by atoms with Crippen LogP contribution >= 0.6 is 0 Å². The van der Waals surface area contributed by atoms with Crippen molar-refractivity contribution in [1.82, 2.24) is 9.80 Å². The zero-order valence-corrected chi connectivity index (χ0v) is 35.1. The van der Waals surface area contributed by atoms with Gasteiger partial charge in [-0.2, -0.15) is 10.5 Å². The van der Waals surface area contributed by atoms with Crippen molar-refractivity contribution >= 4 is 0 Å². The molecule has 0 amide bonds. The molecule has 0 aromatic rings. The summed E-state index contributed by atoms with van der Waals surface area (Å²) in [5.74, 6) is 0. The Kier molecular flexibility index (Phi) is 41.6. The van der Waals surface area contributed by atoms with Crippen LogP contribution in [0.3, 0.4) is 0 Å². The Morgan fingerprint density at radius 3 is 0.885 bits per heavy atom. The number of aliphatic hydroxyl groups excluding tert-OH is 2. The summed E-state index contributed by atoms with van der Waals surface area (Å²) < 4.78 is 0. The largest absolute Gasteiger partial charge is 0.392 e. The third-order valence-electron chi connectivity index (χ3n) is 11.0. The third kappa shape index (κ3) is 38.5. The van der Waals surface area contributed by atoms with Crippen LogP contribution in [0.15, 0.2) is 0 Å². The van der Waals surface area contributed by atoms with Crippen LogP contribution in [0.1, 0.15) is 232 Å². The summed E-state index contributed by atoms with van der Waals surface area (Å²) in [4.78, 5) is 4.65. The topological polar surface area (TPSA) is 94.5 Å². The molecule has 2 unspecified atom stereocenters. The summed E-state index contributed by atoms with van der Waals surface area (Å²) in [6, 6.07) is 4.59. The van der Waals surface area contributed by atoms with Gasteiger partial charge in [0.2, 0.25) is 0 Å². The monoisotopic (exact) mass is 731 g/mol. The van der Waals surface area contributed by atoms with E-state index in [-0.39, 0.29) is 12.2 Å². The van der Waals surface area contributed by atoms with Gasteiger partial charge in [0.15, 0.2) is 0 Å². The van der Waals surface area contributed by atoms with Gasteiger partial charge in [0.05, 0.1) is 24.3 Å². The van der Waals surface area contributed by atoms with Crippen LogP contribution in [0, 0.1) is 22.7 Å². The smallest absolute Gasteiger partial charge is 0.0667 e. The van der Waals surface area contributed by atoms with Crippen LogP contribution in [0.25, 0.3) is 0 Å². The molecule has 0 rings (SSSR count). The second-order valence-corrected chi connectivity index (χ2v) is 16.2. The number of aliphatic hydroxyl groups is 2. The molecule has 0 aliphatic heterocycles. The molecule has 2 N–H and O–H groups in total. The maximum absolute atomic E-state index is 10.6. The van der Waals surface area contributed by atoms with E-state index < -0.39 is 0 Å². The molecule has 306 valence electrons. The SMILES string of the molecule is CCCCCCCCCCCCC(O)CN(CCC#N)CCCCCCCCCCCCN(CCC#N)CC(O)CCCCCCCCCCCC. The zero-order chi connectivity index (χ0) is 38.0. The number of nitrogens with zero attached hydrogens (tertiary/aromatic N) is 4. The molecule has 0 fully saturated rings. The summed E-state index contributed by atoms with van der Waals surface area (Å²) in [6.45, 7) is 9.53. The lowest BCUT2D eigenvalue weighted by molar-refractivity contribution is 0.102. The van der Waals surface area contributed by atoms with Gasteiger partial charge in [0, 0.05) is 39.0 Å². The maximum atomic E-state index is 10.6. The molecule has 0 aromatic heterocycles. The van der Waals surface area contributed by atoms with E-state index in [1.54, 1.807) is 0 Å². The molecule has 0 aliphatic carbocycles. The lowest BCUT2D eigenvalue weighted by atomic mass is 10.0. The van der Waals surface area contributed by atoms with Crippen LogP contribution in [0.4, 0.5) is 0 Å². The second-order valence-electron chi connectivity index (χ2n) is 16.2. The summed E-state index contributed by atoms with van der Waals surface area (Å²) in [6.07, 6.45) is 41.4. The van der Waals surface area contributed by atoms with E-state index in [9.17, 15) is 10.2 Å². The number of nitriles is 2. The first-order valence-corrected chi connectivity index (χ1v) is 23.1. The van der Waals surface area contributed by atoms with E-state index in [1.165, 1.54) is 167 Å². The Balaban J connectivity index is 3.86. The fourth-order valence-electron chi connectivity index (χ4n) is 7.60. The number of unbranched alkanes of at least 4 members (excludes halogenated alkanes) is 27. The van der Waals surface area contributed by atoms with Gasteiger partial charge in [-0.15, -0.1) is 0 Å². The van der Waals surface area contributed by atoms with Crippen molar-refractivity contribution in [2.24, 2.45) is 0 Å². The molecule has 52 heavy (non-hydrogen) atoms. The van der Waals surface area contributed by atoms with Gasteiger partial charge in [0.1, 0.15) is 0 Å². The van der Waals surface area contributed by atoms with Gasteiger partial charge in [-0.3, -0.25) is 9.80 Å². The molecular weight excluding hydrogens is 641 g/mol. The van der Waals surface area contributed by atoms with Gasteiger partial charge in [-0.1, -0.05) is 194 Å². The Morgan fingerprint density at radius 1 is 0.365 bits per heavy atom. The van der Waals surface area contributed by atoms with E-state index in [4.69, 9.17) is 10.5 Å². The average Bonchev–Trinajstić information content (AvgIpc) is 3.14. The third-order valence-corrected chi connectivity index (χ3v) is 11.0. The normalized spacial score (nSPS) is 12.8. The van der Waals surface area contributed by atoms with Crippen molar-refractivity contribution in [2.75, 3.05) is 39.3 Å². The average molecular weight is 731 g/mol. The van der Waals surface area contributed by atoms with E-state index in [0.29, 0.717) is 12.8 Å². The molecule has 6 heteroatoms. The van der Waals surface area contributed by atoms with E-state index >= 15 is 0 Å². The van der Waals surface area contributed by atoms with Crippen molar-refractivity contribution < 1.29 is 10.2 Å². The minimum atomic E-state index is -0.265. The molecule has 0 saturated carbocycles. The molecule has 0 aliphatic rings. The summed E-state index contributed by atoms with van der Waals surface area (Å²) in [5, 5.41) is 39.5. The summed E-state index contributed by atoms with van der Waals surface area (Å²) >= 11 is 0. The summed E-state index contributed by atoms with van der Waals surface area (Å²) in [5.41, 5.74) is 0. The van der Waals surface area contributed by atoms with Crippen LogP contribution < -0.4 is 0 Å². The van der Waals surface area contributed by atoms with Crippen LogP contribution in [0.5, 0.6) is 0 Å². The highest BCUT2D eigenvalue weighted by Gasteiger charge is 2.13. The first kappa shape index (κ1) is 50.8. The predicted molar refractivity (Wildman–Crippen MR) is 224 cm³/mol. The summed E-state index contributed by atoms with van der Waals surface area (Å²) in [7, 11) is 0. The maximum Gasteiger partial charge on any atom is 0.0667 e. The van der Waals surface area contributed by atoms with E-state index in [0.717, 1.165) is 77.8 Å². The Labute approximate surface area is 325 Å². The van der Waals surface area contributed by atoms with Crippen molar-refractivity contribution in [3.63, 3.8) is 0 Å². The van der Waals surface area contributed by atoms with Gasteiger partial charge < -0.3 is 10.2 Å². The van der Waals surface area contributed by atoms with E-state index in [1.807, 2.05) is 0 Å². The van der Waals surface area contributed by atoms with E-state index in [2.05, 4.69) is 35.8 Å². The molecule has 6 nitrogen and oxygen atoms in total. The highest BCUT2D eigenvalue weighted by molar-refractivity contribution is 4.75. The lowest BCUT2D eigenvalue weighted by Crippen LogP contribution is -2.34. The first-order valence-electron chi connectivity index (χ1n) is 23.1. The Bertz CT molecular complexity index is 717. The van der Waals surface area contributed by atoms with Crippen molar-refractivity contribution in [1.29, 1.82) is 10.5 Å². The fraction of sp³-hybridized carbons (Fsp3) is 0.957. The molecule has 0 saturated heterocycles. The quantitative estimate of drug-likeness (QED) is 0.0607. The molecular formula is C46H90N4O2. The molecule has 0 bridgehead atoms. The highest BCUT2D eigenvalue weighted by Crippen LogP contribution is 2.16. The standard InChI is InChI=1S/C46H90N4O2/c1-3-5-7-9-11-13-17-21-25-29-35-45(51)43-49(41-33-37-47)39-31-27-23-19-15-16-20-24-28-32-40-50(42-34-38-48)44-46(52)36-30-26-22-18-14-12-10-8-6-4-2/h45-46,51-52H,3-36,39-44H2,1-2H3. The van der Waals surface area contributed by atoms with Gasteiger partial charge in [0.25, 0.3) is 0 Å². The van der Waals surface area contributed by atoms with Crippen LogP contribution in [-0.4, -0.2) is 71.5 Å². The van der Waals surface area contributed by atoms with Crippen molar-refractivity contribution in [2.45, 2.75) is 244 Å². The van der Waals surface area contributed by atoms with Crippen LogP contribution in [-0.2, 0) is 0 Å². The number of rotatable bonds is 43. The van der Waals surface area contributed by atoms with Crippen LogP contribution in [0.2, 0.25) is 0 Å². The molecule has 0 spiro atoms. The molecule has 0 radical (unpaired) electrons. The molecule has 0 aromatic carbocycles. The van der Waals surface area contributed by atoms with Crippen molar-refractivity contribution in [3.8, 4) is 12.1 Å². The Morgan fingerprint density at radius 2 is 0.615 bits per heavy atom.